The van der Waals surface area contributed by atoms with E-state index in [9.17, 15) is 4.79 Å². The fourth-order valence-corrected chi connectivity index (χ4v) is 2.28. The van der Waals surface area contributed by atoms with Crippen LogP contribution in [0.5, 0.6) is 0 Å². The number of benzene rings is 1. The second-order valence-electron chi connectivity index (χ2n) is 4.37. The van der Waals surface area contributed by atoms with E-state index in [1.54, 1.807) is 12.1 Å². The second-order valence-corrected chi connectivity index (χ2v) is 4.81. The molecule has 1 aliphatic carbocycles. The lowest BCUT2D eigenvalue weighted by Crippen LogP contribution is -2.13. The first-order valence-electron chi connectivity index (χ1n) is 5.90. The van der Waals surface area contributed by atoms with Gasteiger partial charge in [0, 0.05) is 22.6 Å². The third kappa shape index (κ3) is 2.02. The lowest BCUT2D eigenvalue weighted by Gasteiger charge is -2.13. The van der Waals surface area contributed by atoms with E-state index in [4.69, 9.17) is 11.6 Å². The molecule has 0 radical (unpaired) electrons. The Labute approximate surface area is 110 Å². The van der Waals surface area contributed by atoms with Crippen molar-refractivity contribution >= 4 is 17.4 Å². The minimum Gasteiger partial charge on any atom is -0.294 e. The molecule has 0 atom stereocenters. The largest absolute Gasteiger partial charge is 0.294 e. The Morgan fingerprint density at radius 3 is 2.61 bits per heavy atom. The smallest absolute Gasteiger partial charge is 0.164 e. The minimum absolute atomic E-state index is 0.168. The first-order chi connectivity index (χ1) is 8.74. The maximum Gasteiger partial charge on any atom is 0.164 e. The monoisotopic (exact) mass is 258 g/mol. The molecule has 0 saturated heterocycles. The summed E-state index contributed by atoms with van der Waals surface area (Å²) in [5.41, 5.74) is 3.19. The van der Waals surface area contributed by atoms with Gasteiger partial charge in [-0.1, -0.05) is 23.7 Å². The van der Waals surface area contributed by atoms with Crippen LogP contribution in [0.1, 0.15) is 28.9 Å². The molecule has 90 valence electrons. The molecule has 0 aliphatic heterocycles. The Balaban J connectivity index is 2.06. The fraction of sp³-hybridized carbons (Fsp3) is 0.214. The molecule has 4 heteroatoms. The number of aryl methyl sites for hydroxylation is 1. The van der Waals surface area contributed by atoms with Crippen LogP contribution in [0, 0.1) is 0 Å². The van der Waals surface area contributed by atoms with Gasteiger partial charge in [-0.3, -0.25) is 4.79 Å². The van der Waals surface area contributed by atoms with Crippen molar-refractivity contribution in [3.05, 3.63) is 46.6 Å². The van der Waals surface area contributed by atoms with Crippen LogP contribution >= 0.6 is 11.6 Å². The Hall–Kier alpha value is -1.74. The van der Waals surface area contributed by atoms with E-state index in [0.717, 1.165) is 35.4 Å². The van der Waals surface area contributed by atoms with Crippen LogP contribution in [0.4, 0.5) is 0 Å². The van der Waals surface area contributed by atoms with Crippen LogP contribution in [0.3, 0.4) is 0 Å². The van der Waals surface area contributed by atoms with Gasteiger partial charge in [0.25, 0.3) is 0 Å². The van der Waals surface area contributed by atoms with Crippen molar-refractivity contribution < 1.29 is 4.79 Å². The van der Waals surface area contributed by atoms with Gasteiger partial charge in [0.05, 0.1) is 11.4 Å². The van der Waals surface area contributed by atoms with Gasteiger partial charge in [0.15, 0.2) is 5.78 Å². The number of rotatable bonds is 1. The molecule has 0 saturated carbocycles. The summed E-state index contributed by atoms with van der Waals surface area (Å²) >= 11 is 5.85. The number of hydrogen-bond donors (Lipinski definition) is 0. The number of hydrogen-bond acceptors (Lipinski definition) is 3. The second kappa shape index (κ2) is 4.50. The summed E-state index contributed by atoms with van der Waals surface area (Å²) < 4.78 is 0. The molecule has 0 amide bonds. The normalized spacial score (nSPS) is 14.4. The van der Waals surface area contributed by atoms with Crippen LogP contribution in [-0.2, 0) is 6.42 Å². The van der Waals surface area contributed by atoms with Crippen LogP contribution in [0.2, 0.25) is 5.02 Å². The maximum atomic E-state index is 11.8. The van der Waals surface area contributed by atoms with Gasteiger partial charge in [0.2, 0.25) is 0 Å². The fourth-order valence-electron chi connectivity index (χ4n) is 2.16. The number of carbonyl (C=O) groups excluding carboxylic acids is 1. The van der Waals surface area contributed by atoms with Crippen molar-refractivity contribution in [3.8, 4) is 11.3 Å². The number of aromatic nitrogens is 2. The van der Waals surface area contributed by atoms with Crippen molar-refractivity contribution in [3.63, 3.8) is 0 Å². The lowest BCUT2D eigenvalue weighted by atomic mass is 9.94. The number of nitrogens with zero attached hydrogens (tertiary/aromatic N) is 2. The standard InChI is InChI=1S/C14H11ClN2O/c15-10-6-4-9(5-7-10)13-8-11-12(16-17-13)2-1-3-14(11)18/h4-8H,1-3H2. The minimum atomic E-state index is 0.168. The molecule has 1 heterocycles. The molecular formula is C14H11ClN2O. The summed E-state index contributed by atoms with van der Waals surface area (Å²) in [6, 6.07) is 9.21. The van der Waals surface area contributed by atoms with Gasteiger partial charge in [0.1, 0.15) is 0 Å². The number of carbonyl (C=O) groups is 1. The molecule has 0 spiro atoms. The van der Waals surface area contributed by atoms with Crippen molar-refractivity contribution in [2.75, 3.05) is 0 Å². The highest BCUT2D eigenvalue weighted by molar-refractivity contribution is 6.30. The molecule has 3 nitrogen and oxygen atoms in total. The average Bonchev–Trinajstić information content (AvgIpc) is 2.40. The number of fused-ring (bicyclic) bond motifs is 1. The average molecular weight is 259 g/mol. The summed E-state index contributed by atoms with van der Waals surface area (Å²) in [5, 5.41) is 9.03. The highest BCUT2D eigenvalue weighted by atomic mass is 35.5. The van der Waals surface area contributed by atoms with E-state index >= 15 is 0 Å². The number of Topliss-reactive ketones (excluding diaryl/α,β-unsaturated/α-hetero) is 1. The molecule has 0 fully saturated rings. The number of halogens is 1. The van der Waals surface area contributed by atoms with Crippen molar-refractivity contribution in [1.82, 2.24) is 10.2 Å². The first-order valence-corrected chi connectivity index (χ1v) is 6.27. The highest BCUT2D eigenvalue weighted by Crippen LogP contribution is 2.24. The Morgan fingerprint density at radius 1 is 1.06 bits per heavy atom. The van der Waals surface area contributed by atoms with Crippen molar-refractivity contribution in [1.29, 1.82) is 0 Å². The van der Waals surface area contributed by atoms with Gasteiger partial charge < -0.3 is 0 Å². The van der Waals surface area contributed by atoms with E-state index < -0.39 is 0 Å². The van der Waals surface area contributed by atoms with Gasteiger partial charge >= 0.3 is 0 Å². The Kier molecular flexibility index (Phi) is 2.84. The van der Waals surface area contributed by atoms with Gasteiger partial charge in [-0.2, -0.15) is 10.2 Å². The molecular weight excluding hydrogens is 248 g/mol. The van der Waals surface area contributed by atoms with E-state index in [0.29, 0.717) is 11.4 Å². The predicted molar refractivity (Wildman–Crippen MR) is 69.7 cm³/mol. The summed E-state index contributed by atoms with van der Waals surface area (Å²) in [6.45, 7) is 0. The third-order valence-corrected chi connectivity index (χ3v) is 3.38. The zero-order valence-electron chi connectivity index (χ0n) is 9.69. The topological polar surface area (TPSA) is 42.9 Å². The van der Waals surface area contributed by atoms with Crippen LogP contribution in [0.15, 0.2) is 30.3 Å². The van der Waals surface area contributed by atoms with E-state index in [-0.39, 0.29) is 5.78 Å². The Morgan fingerprint density at radius 2 is 1.83 bits per heavy atom. The summed E-state index contributed by atoms with van der Waals surface area (Å²) in [4.78, 5) is 11.8. The molecule has 3 rings (SSSR count). The van der Waals surface area contributed by atoms with Gasteiger partial charge in [-0.25, -0.2) is 0 Å². The zero-order chi connectivity index (χ0) is 12.5. The highest BCUT2D eigenvalue weighted by Gasteiger charge is 2.19. The van der Waals surface area contributed by atoms with Crippen molar-refractivity contribution in [2.24, 2.45) is 0 Å². The quantitative estimate of drug-likeness (QED) is 0.788. The van der Waals surface area contributed by atoms with Gasteiger partial charge in [-0.15, -0.1) is 0 Å². The van der Waals surface area contributed by atoms with Crippen molar-refractivity contribution in [2.45, 2.75) is 19.3 Å². The van der Waals surface area contributed by atoms with Gasteiger partial charge in [-0.05, 0) is 31.0 Å². The van der Waals surface area contributed by atoms with Crippen LogP contribution < -0.4 is 0 Å². The predicted octanol–water partition coefficient (Wildman–Crippen LogP) is 3.32. The van der Waals surface area contributed by atoms with E-state index in [1.165, 1.54) is 0 Å². The van der Waals surface area contributed by atoms with Crippen LogP contribution in [0.25, 0.3) is 11.3 Å². The molecule has 18 heavy (non-hydrogen) atoms. The van der Waals surface area contributed by atoms with E-state index in [2.05, 4.69) is 10.2 Å². The zero-order valence-corrected chi connectivity index (χ0v) is 10.4. The summed E-state index contributed by atoms with van der Waals surface area (Å²) in [5.74, 6) is 0.168. The lowest BCUT2D eigenvalue weighted by molar-refractivity contribution is 0.0971. The molecule has 2 aromatic rings. The molecule has 1 aromatic heterocycles. The summed E-state index contributed by atoms with van der Waals surface area (Å²) in [6.07, 6.45) is 2.33. The maximum absolute atomic E-state index is 11.8. The molecule has 0 N–H and O–H groups in total. The molecule has 0 bridgehead atoms. The SMILES string of the molecule is O=C1CCCc2nnc(-c3ccc(Cl)cc3)cc21. The number of ketones is 1. The third-order valence-electron chi connectivity index (χ3n) is 3.13. The molecule has 1 aliphatic rings. The first kappa shape index (κ1) is 11.4. The molecule has 0 unspecified atom stereocenters. The Bertz CT molecular complexity index is 608. The van der Waals surface area contributed by atoms with E-state index in [1.807, 2.05) is 18.2 Å². The molecule has 1 aromatic carbocycles. The van der Waals surface area contributed by atoms with Crippen LogP contribution in [-0.4, -0.2) is 16.0 Å². The summed E-state index contributed by atoms with van der Waals surface area (Å²) in [7, 11) is 0.